The molecule has 1 aromatic heterocycles. The van der Waals surface area contributed by atoms with Crippen molar-refractivity contribution in [1.29, 1.82) is 0 Å². The molecule has 15 heteroatoms. The summed E-state index contributed by atoms with van der Waals surface area (Å²) in [5.41, 5.74) is 2.93. The van der Waals surface area contributed by atoms with Gasteiger partial charge in [0.2, 0.25) is 5.88 Å². The minimum absolute atomic E-state index is 0.0392. The van der Waals surface area contributed by atoms with Gasteiger partial charge in [0.05, 0.1) is 29.7 Å². The van der Waals surface area contributed by atoms with Gasteiger partial charge in [-0.1, -0.05) is 36.7 Å². The Kier molecular flexibility index (Phi) is 11.7. The molecule has 57 heavy (non-hydrogen) atoms. The third kappa shape index (κ3) is 7.97. The van der Waals surface area contributed by atoms with Crippen LogP contribution < -0.4 is 19.1 Å². The number of hydrogen-bond acceptors (Lipinski definition) is 10. The SMILES string of the molecule is COc1nn(C)cc1C(=O)N[S@@]1(=O)=NC(=O)c2ccc3c(c2)N(C[C@@H]2CC[C@H]2[C@@](OC)(C2SCCCS2)/C=C/C[C@H](C)C1)C[C@@]1(CCCc2cc(Cl)ccc21)CO3. The fraction of sp³-hybridized carbons (Fsp3) is 0.548. The first kappa shape index (κ1) is 40.6. The largest absolute Gasteiger partial charge is 0.490 e. The number of thioether (sulfide) groups is 2. The highest BCUT2D eigenvalue weighted by molar-refractivity contribution is 8.17. The zero-order valence-corrected chi connectivity index (χ0v) is 36.2. The maximum atomic E-state index is 14.9. The van der Waals surface area contributed by atoms with E-state index in [1.54, 1.807) is 13.1 Å². The highest BCUT2D eigenvalue weighted by atomic mass is 35.5. The average Bonchev–Trinajstić information content (AvgIpc) is 3.50. The third-order valence-corrected chi connectivity index (χ3v) is 17.9. The number of nitrogens with zero attached hydrogens (tertiary/aromatic N) is 4. The number of benzene rings is 2. The van der Waals surface area contributed by atoms with Gasteiger partial charge in [-0.05, 0) is 116 Å². The number of aryl methyl sites for hydroxylation is 2. The molecule has 3 aromatic rings. The topological polar surface area (TPSA) is 124 Å². The fourth-order valence-electron chi connectivity index (χ4n) is 9.55. The minimum atomic E-state index is -3.64. The van der Waals surface area contributed by atoms with Crippen LogP contribution in [-0.4, -0.2) is 87.2 Å². The molecule has 1 N–H and O–H groups in total. The van der Waals surface area contributed by atoms with Gasteiger partial charge < -0.3 is 19.1 Å². The quantitative estimate of drug-likeness (QED) is 0.256. The average molecular weight is 855 g/mol. The van der Waals surface area contributed by atoms with Gasteiger partial charge in [0, 0.05) is 49.4 Å². The van der Waals surface area contributed by atoms with E-state index in [0.717, 1.165) is 60.9 Å². The molecule has 0 unspecified atom stereocenters. The molecule has 2 aromatic carbocycles. The van der Waals surface area contributed by atoms with E-state index in [1.165, 1.54) is 35.5 Å². The molecule has 6 atom stereocenters. The van der Waals surface area contributed by atoms with Crippen molar-refractivity contribution < 1.29 is 28.0 Å². The molecule has 2 bridgehead atoms. The number of carbonyl (C=O) groups is 2. The molecule has 1 saturated carbocycles. The van der Waals surface area contributed by atoms with Crippen LogP contribution in [0.5, 0.6) is 11.6 Å². The zero-order chi connectivity index (χ0) is 40.0. The maximum absolute atomic E-state index is 14.9. The summed E-state index contributed by atoms with van der Waals surface area (Å²) in [5, 5.41) is 4.93. The number of fused-ring (bicyclic) bond motifs is 4. The summed E-state index contributed by atoms with van der Waals surface area (Å²) in [5.74, 6) is 1.98. The summed E-state index contributed by atoms with van der Waals surface area (Å²) in [6.07, 6.45) is 12.8. The van der Waals surface area contributed by atoms with Crippen molar-refractivity contribution in [2.24, 2.45) is 29.2 Å². The zero-order valence-electron chi connectivity index (χ0n) is 33.0. The van der Waals surface area contributed by atoms with E-state index in [4.69, 9.17) is 25.8 Å². The standard InChI is InChI=1S/C42H52ClN5O6S3/c1-27-8-5-17-42(53-4,40-55-18-7-19-56-40)34-13-10-30(34)22-48-25-41(16-6-9-28-20-31(43)12-14-33(28)41)26-54-36-15-11-29(21-35(36)48)37(49)45-57(51,24-27)46-38(50)32-23-47(2)44-39(32)52-3/h5,11-12,14-15,17,20-21,23,27,30,34,40H,6-10,13,16,18-19,22,24-26H2,1-4H3,(H,45,46,49,50,51)/b17-5+/t27-,30-,34+,41-,42+,57-/m0/s1. The molecule has 0 radical (unpaired) electrons. The van der Waals surface area contributed by atoms with E-state index < -0.39 is 27.3 Å². The molecular weight excluding hydrogens is 802 g/mol. The number of aromatic nitrogens is 2. The number of carbonyl (C=O) groups excluding carboxylic acids is 2. The lowest BCUT2D eigenvalue weighted by atomic mass is 9.64. The van der Waals surface area contributed by atoms with Crippen molar-refractivity contribution in [2.45, 2.75) is 67.5 Å². The smallest absolute Gasteiger partial charge is 0.286 e. The second kappa shape index (κ2) is 16.5. The van der Waals surface area contributed by atoms with Crippen LogP contribution in [0.2, 0.25) is 5.02 Å². The van der Waals surface area contributed by atoms with Crippen molar-refractivity contribution in [1.82, 2.24) is 14.5 Å². The highest BCUT2D eigenvalue weighted by Gasteiger charge is 2.53. The number of hydrogen-bond donors (Lipinski definition) is 1. The van der Waals surface area contributed by atoms with Gasteiger partial charge >= 0.3 is 0 Å². The van der Waals surface area contributed by atoms with E-state index in [-0.39, 0.29) is 44.6 Å². The molecular formula is C42H52ClN5O6S3. The van der Waals surface area contributed by atoms with Crippen LogP contribution in [0.25, 0.3) is 0 Å². The van der Waals surface area contributed by atoms with E-state index in [9.17, 15) is 13.8 Å². The Labute approximate surface area is 349 Å². The van der Waals surface area contributed by atoms with Gasteiger partial charge in [-0.3, -0.25) is 19.0 Å². The lowest BCUT2D eigenvalue weighted by Crippen LogP contribution is -2.56. The van der Waals surface area contributed by atoms with Gasteiger partial charge in [0.1, 0.15) is 26.8 Å². The minimum Gasteiger partial charge on any atom is -0.490 e. The number of rotatable bonds is 5. The normalized spacial score (nSPS) is 31.1. The molecule has 4 heterocycles. The molecule has 1 spiro atoms. The van der Waals surface area contributed by atoms with Gasteiger partial charge in [-0.15, -0.1) is 33.0 Å². The highest BCUT2D eigenvalue weighted by Crippen LogP contribution is 2.54. The van der Waals surface area contributed by atoms with Crippen molar-refractivity contribution in [3.63, 3.8) is 0 Å². The van der Waals surface area contributed by atoms with Crippen LogP contribution in [0.4, 0.5) is 5.69 Å². The van der Waals surface area contributed by atoms with E-state index in [0.29, 0.717) is 31.2 Å². The van der Waals surface area contributed by atoms with E-state index in [2.05, 4.69) is 43.4 Å². The first-order valence-electron chi connectivity index (χ1n) is 19.9. The van der Waals surface area contributed by atoms with Crippen LogP contribution >= 0.6 is 35.1 Å². The second-order valence-corrected chi connectivity index (χ2v) is 21.5. The molecule has 2 fully saturated rings. The van der Waals surface area contributed by atoms with Gasteiger partial charge in [0.25, 0.3) is 11.8 Å². The van der Waals surface area contributed by atoms with E-state index in [1.807, 2.05) is 55.8 Å². The van der Waals surface area contributed by atoms with Crippen molar-refractivity contribution >= 4 is 62.5 Å². The number of anilines is 1. The molecule has 2 aliphatic carbocycles. The number of ether oxygens (including phenoxy) is 3. The number of methoxy groups -OCH3 is 2. The summed E-state index contributed by atoms with van der Waals surface area (Å²) in [4.78, 5) is 30.4. The Balaban J connectivity index is 1.24. The molecule has 1 saturated heterocycles. The number of halogens is 1. The summed E-state index contributed by atoms with van der Waals surface area (Å²) >= 11 is 10.5. The summed E-state index contributed by atoms with van der Waals surface area (Å²) in [6.45, 7) is 3.93. The summed E-state index contributed by atoms with van der Waals surface area (Å²) < 4.78 is 42.4. The first-order chi connectivity index (χ1) is 27.4. The van der Waals surface area contributed by atoms with Crippen molar-refractivity contribution in [2.75, 3.05) is 56.1 Å². The Morgan fingerprint density at radius 2 is 1.95 bits per heavy atom. The Morgan fingerprint density at radius 3 is 2.70 bits per heavy atom. The molecule has 5 aliphatic rings. The lowest BCUT2D eigenvalue weighted by molar-refractivity contribution is -0.0638. The van der Waals surface area contributed by atoms with Crippen LogP contribution in [0.1, 0.15) is 77.3 Å². The second-order valence-electron chi connectivity index (χ2n) is 16.3. The monoisotopic (exact) mass is 853 g/mol. The van der Waals surface area contributed by atoms with Gasteiger partial charge in [0.15, 0.2) is 0 Å². The lowest BCUT2D eigenvalue weighted by Gasteiger charge is -2.53. The van der Waals surface area contributed by atoms with Crippen LogP contribution in [0, 0.1) is 17.8 Å². The predicted molar refractivity (Wildman–Crippen MR) is 229 cm³/mol. The Hall–Kier alpha value is -3.17. The molecule has 306 valence electrons. The molecule has 8 rings (SSSR count). The molecule has 3 aliphatic heterocycles. The number of allylic oxidation sites excluding steroid dienone is 1. The summed E-state index contributed by atoms with van der Waals surface area (Å²) in [7, 11) is 1.30. The van der Waals surface area contributed by atoms with E-state index >= 15 is 0 Å². The maximum Gasteiger partial charge on any atom is 0.286 e. The van der Waals surface area contributed by atoms with Crippen LogP contribution in [0.15, 0.2) is 59.1 Å². The predicted octanol–water partition coefficient (Wildman–Crippen LogP) is 7.71. The van der Waals surface area contributed by atoms with Crippen molar-refractivity contribution in [3.05, 3.63) is 82.0 Å². The fourth-order valence-corrected chi connectivity index (χ4v) is 15.0. The van der Waals surface area contributed by atoms with Gasteiger partial charge in [-0.25, -0.2) is 4.21 Å². The van der Waals surface area contributed by atoms with Crippen LogP contribution in [0.3, 0.4) is 0 Å². The van der Waals surface area contributed by atoms with Crippen molar-refractivity contribution in [3.8, 4) is 11.6 Å². The molecule has 11 nitrogen and oxygen atoms in total. The van der Waals surface area contributed by atoms with Crippen LogP contribution in [-0.2, 0) is 33.5 Å². The third-order valence-electron chi connectivity index (χ3n) is 12.4. The van der Waals surface area contributed by atoms with Gasteiger partial charge in [-0.2, -0.15) is 0 Å². The summed E-state index contributed by atoms with van der Waals surface area (Å²) in [6, 6.07) is 11.6. The number of amides is 2. The Bertz CT molecular complexity index is 2180. The first-order valence-corrected chi connectivity index (χ1v) is 24.1. The Morgan fingerprint density at radius 1 is 1.12 bits per heavy atom. The number of nitrogens with one attached hydrogen (secondary N) is 1. The molecule has 2 amide bonds.